The van der Waals surface area contributed by atoms with Crippen molar-refractivity contribution < 1.29 is 22.3 Å². The van der Waals surface area contributed by atoms with E-state index in [0.717, 1.165) is 12.1 Å². The Morgan fingerprint density at radius 1 is 1.05 bits per heavy atom. The predicted octanol–water partition coefficient (Wildman–Crippen LogP) is 5.03. The van der Waals surface area contributed by atoms with Crippen LogP contribution in [0.1, 0.15) is 11.1 Å². The number of rotatable bonds is 3. The van der Waals surface area contributed by atoms with Crippen molar-refractivity contribution >= 4 is 22.6 Å². The Kier molecular flexibility index (Phi) is 4.52. The molecule has 0 aliphatic heterocycles. The van der Waals surface area contributed by atoms with E-state index in [0.29, 0.717) is 5.56 Å². The second-order valence-corrected chi connectivity index (χ2v) is 5.28. The quantitative estimate of drug-likeness (QED) is 0.523. The van der Waals surface area contributed by atoms with Crippen molar-refractivity contribution in [1.29, 1.82) is 0 Å². The summed E-state index contributed by atoms with van der Waals surface area (Å²) in [5, 5.41) is 0. The average molecular weight is 396 g/mol. The van der Waals surface area contributed by atoms with E-state index in [1.807, 2.05) is 0 Å². The summed E-state index contributed by atoms with van der Waals surface area (Å²) in [7, 11) is 0. The molecule has 0 aliphatic carbocycles. The van der Waals surface area contributed by atoms with E-state index in [1.165, 1.54) is 0 Å². The summed E-state index contributed by atoms with van der Waals surface area (Å²) in [5.41, 5.74) is -0.434. The number of hydrogen-bond acceptors (Lipinski definition) is 1. The van der Waals surface area contributed by atoms with Gasteiger partial charge in [0.05, 0.1) is 0 Å². The Labute approximate surface area is 126 Å². The lowest BCUT2D eigenvalue weighted by molar-refractivity contribution is -0.139. The van der Waals surface area contributed by atoms with Gasteiger partial charge in [-0.1, -0.05) is 30.3 Å². The fourth-order valence-electron chi connectivity index (χ4n) is 1.65. The molecule has 2 aromatic rings. The van der Waals surface area contributed by atoms with Crippen LogP contribution in [0.5, 0.6) is 5.75 Å². The Morgan fingerprint density at radius 3 is 2.30 bits per heavy atom. The molecule has 2 rings (SSSR count). The number of ether oxygens (including phenoxy) is 1. The Hall–Kier alpha value is -1.31. The number of halogens is 5. The average Bonchev–Trinajstić information content (AvgIpc) is 2.37. The highest BCUT2D eigenvalue weighted by molar-refractivity contribution is 14.1. The van der Waals surface area contributed by atoms with E-state index >= 15 is 0 Å². The summed E-state index contributed by atoms with van der Waals surface area (Å²) in [6.45, 7) is -0.124. The van der Waals surface area contributed by atoms with Crippen LogP contribution in [0.25, 0.3) is 0 Å². The minimum atomic E-state index is -4.66. The van der Waals surface area contributed by atoms with Gasteiger partial charge in [-0.25, -0.2) is 4.39 Å². The van der Waals surface area contributed by atoms with Crippen LogP contribution < -0.4 is 4.74 Å². The van der Waals surface area contributed by atoms with Crippen molar-refractivity contribution in [3.05, 3.63) is 63.0 Å². The maximum atomic E-state index is 13.7. The highest BCUT2D eigenvalue weighted by Crippen LogP contribution is 2.39. The van der Waals surface area contributed by atoms with Gasteiger partial charge in [0.2, 0.25) is 0 Å². The van der Waals surface area contributed by atoms with Crippen molar-refractivity contribution in [3.63, 3.8) is 0 Å². The summed E-state index contributed by atoms with van der Waals surface area (Å²) in [5.74, 6) is -1.78. The molecule has 0 unspecified atom stereocenters. The first kappa shape index (κ1) is 15.1. The van der Waals surface area contributed by atoms with Gasteiger partial charge in [-0.3, -0.25) is 0 Å². The van der Waals surface area contributed by atoms with Gasteiger partial charge in [0.25, 0.3) is 0 Å². The number of hydrogen-bond donors (Lipinski definition) is 0. The highest BCUT2D eigenvalue weighted by atomic mass is 127. The molecule has 0 N–H and O–H groups in total. The van der Waals surface area contributed by atoms with Crippen LogP contribution in [0, 0.1) is 9.39 Å². The molecule has 6 heteroatoms. The third-order valence-electron chi connectivity index (χ3n) is 2.54. The molecule has 0 spiro atoms. The molecule has 0 saturated heterocycles. The molecule has 0 aromatic heterocycles. The summed E-state index contributed by atoms with van der Waals surface area (Å²) in [4.78, 5) is 0. The number of alkyl halides is 3. The van der Waals surface area contributed by atoms with E-state index in [-0.39, 0.29) is 10.2 Å². The maximum absolute atomic E-state index is 13.7. The van der Waals surface area contributed by atoms with Crippen LogP contribution in [0.15, 0.2) is 42.5 Å². The molecule has 106 valence electrons. The molecular formula is C14H9F4IO. The van der Waals surface area contributed by atoms with E-state index in [1.54, 1.807) is 52.9 Å². The molecule has 0 aliphatic rings. The van der Waals surface area contributed by atoms with E-state index in [4.69, 9.17) is 4.74 Å². The molecule has 1 nitrogen and oxygen atoms in total. The topological polar surface area (TPSA) is 9.23 Å². The zero-order valence-electron chi connectivity index (χ0n) is 10.0. The van der Waals surface area contributed by atoms with Crippen molar-refractivity contribution in [2.45, 2.75) is 12.8 Å². The van der Waals surface area contributed by atoms with Crippen molar-refractivity contribution in [1.82, 2.24) is 0 Å². The van der Waals surface area contributed by atoms with Gasteiger partial charge in [0.1, 0.15) is 12.2 Å². The van der Waals surface area contributed by atoms with Gasteiger partial charge in [-0.15, -0.1) is 0 Å². The monoisotopic (exact) mass is 396 g/mol. The lowest BCUT2D eigenvalue weighted by Crippen LogP contribution is -2.11. The Bertz CT molecular complexity index is 596. The second-order valence-electron chi connectivity index (χ2n) is 4.04. The summed E-state index contributed by atoms with van der Waals surface area (Å²) in [6.07, 6.45) is -4.66. The third-order valence-corrected chi connectivity index (χ3v) is 3.16. The molecule has 0 bridgehead atoms. The van der Waals surface area contributed by atoms with Gasteiger partial charge in [0, 0.05) is 3.57 Å². The molecular weight excluding hydrogens is 387 g/mol. The zero-order valence-corrected chi connectivity index (χ0v) is 12.2. The number of benzene rings is 2. The van der Waals surface area contributed by atoms with E-state index < -0.39 is 23.3 Å². The zero-order chi connectivity index (χ0) is 14.8. The molecule has 2 aromatic carbocycles. The molecule has 0 fully saturated rings. The molecule has 0 saturated carbocycles. The normalized spacial score (nSPS) is 11.4. The molecule has 0 atom stereocenters. The van der Waals surface area contributed by atoms with Crippen molar-refractivity contribution in [3.8, 4) is 5.75 Å². The smallest absolute Gasteiger partial charge is 0.420 e. The molecule has 20 heavy (non-hydrogen) atoms. The largest absolute Gasteiger partial charge is 0.485 e. The fourth-order valence-corrected chi connectivity index (χ4v) is 2.23. The summed E-state index contributed by atoms with van der Waals surface area (Å²) < 4.78 is 57.6. The molecule has 0 radical (unpaired) electrons. The van der Waals surface area contributed by atoms with Gasteiger partial charge in [0.15, 0.2) is 11.6 Å². The van der Waals surface area contributed by atoms with Crippen molar-refractivity contribution in [2.24, 2.45) is 0 Å². The fraction of sp³-hybridized carbons (Fsp3) is 0.143. The summed E-state index contributed by atoms with van der Waals surface area (Å²) in [6, 6.07) is 10.5. The first-order chi connectivity index (χ1) is 9.38. The van der Waals surface area contributed by atoms with Gasteiger partial charge in [-0.2, -0.15) is 13.2 Å². The molecule has 0 heterocycles. The lowest BCUT2D eigenvalue weighted by atomic mass is 10.2. The predicted molar refractivity (Wildman–Crippen MR) is 74.9 cm³/mol. The van der Waals surface area contributed by atoms with Gasteiger partial charge < -0.3 is 4.74 Å². The van der Waals surface area contributed by atoms with Gasteiger partial charge >= 0.3 is 6.18 Å². The maximum Gasteiger partial charge on any atom is 0.420 e. The Morgan fingerprint density at radius 2 is 1.70 bits per heavy atom. The SMILES string of the molecule is Fc1cc(I)cc(C(F)(F)F)c1OCc1ccccc1. The van der Waals surface area contributed by atoms with Crippen LogP contribution in [-0.4, -0.2) is 0 Å². The first-order valence-electron chi connectivity index (χ1n) is 5.61. The van der Waals surface area contributed by atoms with Crippen LogP contribution in [0.2, 0.25) is 0 Å². The van der Waals surface area contributed by atoms with Crippen LogP contribution in [-0.2, 0) is 12.8 Å². The van der Waals surface area contributed by atoms with Crippen molar-refractivity contribution in [2.75, 3.05) is 0 Å². The van der Waals surface area contributed by atoms with Crippen LogP contribution >= 0.6 is 22.6 Å². The van der Waals surface area contributed by atoms with E-state index in [2.05, 4.69) is 0 Å². The lowest BCUT2D eigenvalue weighted by Gasteiger charge is -2.15. The summed E-state index contributed by atoms with van der Waals surface area (Å²) >= 11 is 1.63. The molecule has 0 amide bonds. The Balaban J connectivity index is 2.31. The van der Waals surface area contributed by atoms with E-state index in [9.17, 15) is 17.6 Å². The second kappa shape index (κ2) is 5.99. The standard InChI is InChI=1S/C14H9F4IO/c15-12-7-10(19)6-11(14(16,17)18)13(12)20-8-9-4-2-1-3-5-9/h1-7H,8H2. The first-order valence-corrected chi connectivity index (χ1v) is 6.69. The third kappa shape index (κ3) is 3.62. The van der Waals surface area contributed by atoms with Crippen LogP contribution in [0.3, 0.4) is 0 Å². The minimum absolute atomic E-state index is 0.124. The minimum Gasteiger partial charge on any atom is -0.485 e. The highest BCUT2D eigenvalue weighted by Gasteiger charge is 2.36. The van der Waals surface area contributed by atoms with Crippen LogP contribution in [0.4, 0.5) is 17.6 Å². The van der Waals surface area contributed by atoms with Gasteiger partial charge in [-0.05, 0) is 40.3 Å².